The maximum absolute atomic E-state index is 12.4. The van der Waals surface area contributed by atoms with Crippen molar-refractivity contribution in [3.05, 3.63) is 40.5 Å². The molecule has 0 bridgehead atoms. The molecular weight excluding hydrogens is 410 g/mol. The standard InChI is InChI=1S/C20H19N3O4S2/c1-10-11(2)29-20-17(10)19(21-12(3)22-20)28-9-16(24)23-18(25)15-8-26-13-6-4-5-7-14(13)27-15/h4-7,15H,8-9H2,1-3H3,(H,23,24,25). The number of nitrogens with one attached hydrogen (secondary N) is 1. The molecule has 0 radical (unpaired) electrons. The number of ether oxygens (including phenoxy) is 2. The molecule has 1 atom stereocenters. The van der Waals surface area contributed by atoms with Crippen molar-refractivity contribution in [2.75, 3.05) is 12.4 Å². The Labute approximate surface area is 175 Å². The van der Waals surface area contributed by atoms with E-state index in [1.54, 1.807) is 29.5 Å². The molecule has 9 heteroatoms. The minimum atomic E-state index is -0.867. The monoisotopic (exact) mass is 429 g/mol. The zero-order chi connectivity index (χ0) is 20.5. The summed E-state index contributed by atoms with van der Waals surface area (Å²) >= 11 is 2.91. The number of para-hydroxylation sites is 2. The first-order valence-electron chi connectivity index (χ1n) is 9.01. The van der Waals surface area contributed by atoms with Crippen LogP contribution in [0.2, 0.25) is 0 Å². The van der Waals surface area contributed by atoms with Gasteiger partial charge >= 0.3 is 0 Å². The van der Waals surface area contributed by atoms with Gasteiger partial charge in [-0.3, -0.25) is 14.9 Å². The van der Waals surface area contributed by atoms with Gasteiger partial charge in [-0.25, -0.2) is 9.97 Å². The summed E-state index contributed by atoms with van der Waals surface area (Å²) in [5, 5.41) is 4.12. The molecule has 2 amide bonds. The molecule has 0 spiro atoms. The van der Waals surface area contributed by atoms with Crippen molar-refractivity contribution in [3.8, 4) is 11.5 Å². The summed E-state index contributed by atoms with van der Waals surface area (Å²) in [4.78, 5) is 35.8. The lowest BCUT2D eigenvalue weighted by molar-refractivity contribution is -0.135. The molecule has 1 aromatic carbocycles. The van der Waals surface area contributed by atoms with Gasteiger partial charge in [0.05, 0.1) is 5.75 Å². The number of aryl methyl sites for hydroxylation is 3. The van der Waals surface area contributed by atoms with E-state index in [1.807, 2.05) is 26.8 Å². The number of benzene rings is 1. The van der Waals surface area contributed by atoms with Crippen molar-refractivity contribution >= 4 is 45.1 Å². The first-order valence-corrected chi connectivity index (χ1v) is 10.8. The molecular formula is C20H19N3O4S2. The number of imide groups is 1. The fraction of sp³-hybridized carbons (Fsp3) is 0.300. The van der Waals surface area contributed by atoms with Crippen LogP contribution in [-0.4, -0.2) is 40.2 Å². The van der Waals surface area contributed by atoms with Gasteiger partial charge in [0, 0.05) is 10.3 Å². The highest BCUT2D eigenvalue weighted by Gasteiger charge is 2.28. The average molecular weight is 430 g/mol. The number of hydrogen-bond donors (Lipinski definition) is 1. The molecule has 3 heterocycles. The summed E-state index contributed by atoms with van der Waals surface area (Å²) in [5.41, 5.74) is 1.12. The SMILES string of the molecule is Cc1nc(SCC(=O)NC(=O)C2COc3ccccc3O2)c2c(C)c(C)sc2n1. The van der Waals surface area contributed by atoms with E-state index in [1.165, 1.54) is 16.6 Å². The normalized spacial score (nSPS) is 15.3. The van der Waals surface area contributed by atoms with E-state index < -0.39 is 17.9 Å². The lowest BCUT2D eigenvalue weighted by atomic mass is 10.2. The Morgan fingerprint density at radius 2 is 1.97 bits per heavy atom. The highest BCUT2D eigenvalue weighted by atomic mass is 32.2. The lowest BCUT2D eigenvalue weighted by Gasteiger charge is -2.25. The third-order valence-corrected chi connectivity index (χ3v) is 6.59. The topological polar surface area (TPSA) is 90.4 Å². The van der Waals surface area contributed by atoms with E-state index in [0.29, 0.717) is 17.3 Å². The molecule has 1 unspecified atom stereocenters. The zero-order valence-corrected chi connectivity index (χ0v) is 17.8. The van der Waals surface area contributed by atoms with Crippen molar-refractivity contribution in [1.29, 1.82) is 0 Å². The molecule has 2 aromatic heterocycles. The maximum Gasteiger partial charge on any atom is 0.271 e. The fourth-order valence-corrected chi connectivity index (χ4v) is 5.03. The van der Waals surface area contributed by atoms with Crippen LogP contribution < -0.4 is 14.8 Å². The maximum atomic E-state index is 12.4. The number of aromatic nitrogens is 2. The molecule has 0 saturated carbocycles. The number of carbonyl (C=O) groups is 2. The third kappa shape index (κ3) is 4.06. The summed E-state index contributed by atoms with van der Waals surface area (Å²) < 4.78 is 11.2. The second-order valence-corrected chi connectivity index (χ2v) is 8.77. The van der Waals surface area contributed by atoms with E-state index in [4.69, 9.17) is 9.47 Å². The number of amides is 2. The Morgan fingerprint density at radius 1 is 1.21 bits per heavy atom. The van der Waals surface area contributed by atoms with Crippen LogP contribution in [0.5, 0.6) is 11.5 Å². The minimum Gasteiger partial charge on any atom is -0.485 e. The van der Waals surface area contributed by atoms with E-state index in [9.17, 15) is 9.59 Å². The first-order chi connectivity index (χ1) is 13.9. The minimum absolute atomic E-state index is 0.0579. The van der Waals surface area contributed by atoms with Gasteiger partial charge in [-0.05, 0) is 38.5 Å². The second kappa shape index (κ2) is 8.00. The van der Waals surface area contributed by atoms with E-state index in [0.717, 1.165) is 20.8 Å². The molecule has 1 aliphatic heterocycles. The highest BCUT2D eigenvalue weighted by Crippen LogP contribution is 2.35. The summed E-state index contributed by atoms with van der Waals surface area (Å²) in [6, 6.07) is 7.11. The third-order valence-electron chi connectivity index (χ3n) is 4.51. The fourth-order valence-electron chi connectivity index (χ4n) is 2.96. The van der Waals surface area contributed by atoms with E-state index in [2.05, 4.69) is 15.3 Å². The Bertz CT molecular complexity index is 1110. The van der Waals surface area contributed by atoms with Gasteiger partial charge in [0.2, 0.25) is 12.0 Å². The number of thiophene rings is 1. The van der Waals surface area contributed by atoms with Gasteiger partial charge in [-0.1, -0.05) is 23.9 Å². The van der Waals surface area contributed by atoms with Gasteiger partial charge < -0.3 is 9.47 Å². The average Bonchev–Trinajstić information content (AvgIpc) is 2.99. The van der Waals surface area contributed by atoms with Gasteiger partial charge in [0.1, 0.15) is 22.3 Å². The van der Waals surface area contributed by atoms with Crippen LogP contribution in [-0.2, 0) is 9.59 Å². The number of fused-ring (bicyclic) bond motifs is 2. The van der Waals surface area contributed by atoms with Gasteiger partial charge in [-0.2, -0.15) is 0 Å². The van der Waals surface area contributed by atoms with Crippen molar-refractivity contribution < 1.29 is 19.1 Å². The van der Waals surface area contributed by atoms with Crippen molar-refractivity contribution in [1.82, 2.24) is 15.3 Å². The molecule has 3 aromatic rings. The van der Waals surface area contributed by atoms with Crippen LogP contribution in [0.1, 0.15) is 16.3 Å². The van der Waals surface area contributed by atoms with Crippen LogP contribution in [0.25, 0.3) is 10.2 Å². The quantitative estimate of drug-likeness (QED) is 0.503. The summed E-state index contributed by atoms with van der Waals surface area (Å²) in [6.07, 6.45) is -0.867. The number of nitrogens with zero attached hydrogens (tertiary/aromatic N) is 2. The van der Waals surface area contributed by atoms with Gasteiger partial charge in [0.25, 0.3) is 5.91 Å². The summed E-state index contributed by atoms with van der Waals surface area (Å²) in [7, 11) is 0. The molecule has 1 N–H and O–H groups in total. The van der Waals surface area contributed by atoms with Gasteiger partial charge in [-0.15, -0.1) is 11.3 Å². The van der Waals surface area contributed by atoms with Crippen molar-refractivity contribution in [2.45, 2.75) is 31.9 Å². The molecule has 7 nitrogen and oxygen atoms in total. The van der Waals surface area contributed by atoms with Crippen LogP contribution in [0.15, 0.2) is 29.3 Å². The summed E-state index contributed by atoms with van der Waals surface area (Å²) in [6.45, 7) is 5.96. The molecule has 0 aliphatic carbocycles. The first kappa shape index (κ1) is 19.7. The smallest absolute Gasteiger partial charge is 0.271 e. The molecule has 150 valence electrons. The largest absolute Gasteiger partial charge is 0.485 e. The molecule has 1 aliphatic rings. The van der Waals surface area contributed by atoms with Crippen molar-refractivity contribution in [2.24, 2.45) is 0 Å². The molecule has 29 heavy (non-hydrogen) atoms. The predicted octanol–water partition coefficient (Wildman–Crippen LogP) is 3.19. The Morgan fingerprint density at radius 3 is 2.76 bits per heavy atom. The Kier molecular flexibility index (Phi) is 5.42. The number of carbonyl (C=O) groups excluding carboxylic acids is 2. The van der Waals surface area contributed by atoms with Crippen LogP contribution in [0.3, 0.4) is 0 Å². The van der Waals surface area contributed by atoms with Crippen LogP contribution in [0, 0.1) is 20.8 Å². The second-order valence-electron chi connectivity index (χ2n) is 6.60. The van der Waals surface area contributed by atoms with Crippen molar-refractivity contribution in [3.63, 3.8) is 0 Å². The lowest BCUT2D eigenvalue weighted by Crippen LogP contribution is -2.46. The molecule has 4 rings (SSSR count). The Balaban J connectivity index is 1.40. The van der Waals surface area contributed by atoms with Crippen LogP contribution in [0.4, 0.5) is 0 Å². The molecule has 0 saturated heterocycles. The van der Waals surface area contributed by atoms with E-state index >= 15 is 0 Å². The van der Waals surface area contributed by atoms with Gasteiger partial charge in [0.15, 0.2) is 11.5 Å². The van der Waals surface area contributed by atoms with Crippen LogP contribution >= 0.6 is 23.1 Å². The zero-order valence-electron chi connectivity index (χ0n) is 16.1. The predicted molar refractivity (Wildman–Crippen MR) is 112 cm³/mol. The molecule has 0 fully saturated rings. The Hall–Kier alpha value is -2.65. The number of rotatable bonds is 4. The van der Waals surface area contributed by atoms with E-state index in [-0.39, 0.29) is 12.4 Å². The summed E-state index contributed by atoms with van der Waals surface area (Å²) in [5.74, 6) is 0.874. The highest BCUT2D eigenvalue weighted by molar-refractivity contribution is 8.00. The number of hydrogen-bond acceptors (Lipinski definition) is 8. The number of thioether (sulfide) groups is 1.